The van der Waals surface area contributed by atoms with Crippen molar-refractivity contribution in [1.29, 1.82) is 0 Å². The van der Waals surface area contributed by atoms with Crippen LogP contribution in [0.15, 0.2) is 12.3 Å². The predicted molar refractivity (Wildman–Crippen MR) is 90.9 cm³/mol. The number of fused-ring (bicyclic) bond motifs is 1. The van der Waals surface area contributed by atoms with E-state index in [9.17, 15) is 4.79 Å². The summed E-state index contributed by atoms with van der Waals surface area (Å²) in [6.45, 7) is 8.35. The molecule has 0 aliphatic heterocycles. The first-order valence-corrected chi connectivity index (χ1v) is 7.86. The predicted octanol–water partition coefficient (Wildman–Crippen LogP) is 1.97. The molecule has 0 aliphatic rings. The minimum Gasteiger partial charge on any atom is -0.337 e. The summed E-state index contributed by atoms with van der Waals surface area (Å²) in [7, 11) is 3.70. The molecule has 1 amide bonds. The molecule has 0 aliphatic carbocycles. The van der Waals surface area contributed by atoms with E-state index in [1.807, 2.05) is 45.5 Å². The average molecular weight is 326 g/mol. The van der Waals surface area contributed by atoms with Crippen LogP contribution in [-0.4, -0.2) is 42.2 Å². The Morgan fingerprint density at radius 3 is 2.58 bits per heavy atom. The van der Waals surface area contributed by atoms with Crippen molar-refractivity contribution in [2.75, 3.05) is 7.05 Å². The largest absolute Gasteiger partial charge is 0.337 e. The second kappa shape index (κ2) is 5.74. The van der Waals surface area contributed by atoms with Gasteiger partial charge in [-0.3, -0.25) is 9.48 Å². The first-order chi connectivity index (χ1) is 11.3. The second-order valence-electron chi connectivity index (χ2n) is 6.27. The Morgan fingerprint density at radius 1 is 1.25 bits per heavy atom. The molecule has 0 radical (unpaired) electrons. The van der Waals surface area contributed by atoms with Gasteiger partial charge in [0.05, 0.1) is 11.9 Å². The summed E-state index contributed by atoms with van der Waals surface area (Å²) in [4.78, 5) is 19.1. The van der Waals surface area contributed by atoms with Gasteiger partial charge in [-0.15, -0.1) is 0 Å². The lowest BCUT2D eigenvalue weighted by Gasteiger charge is -2.17. The normalized spacial score (nSPS) is 11.2. The van der Waals surface area contributed by atoms with Crippen LogP contribution < -0.4 is 0 Å². The van der Waals surface area contributed by atoms with Crippen molar-refractivity contribution in [3.63, 3.8) is 0 Å². The van der Waals surface area contributed by atoms with Crippen molar-refractivity contribution in [3.05, 3.63) is 46.2 Å². The molecule has 24 heavy (non-hydrogen) atoms. The molecule has 7 heteroatoms. The Labute approximate surface area is 140 Å². The van der Waals surface area contributed by atoms with E-state index in [1.54, 1.807) is 22.7 Å². The van der Waals surface area contributed by atoms with Crippen LogP contribution in [0.3, 0.4) is 0 Å². The van der Waals surface area contributed by atoms with E-state index in [0.717, 1.165) is 28.3 Å². The highest BCUT2D eigenvalue weighted by molar-refractivity contribution is 5.99. The SMILES string of the molecule is Cc1cc(C)n2ncc(C(=O)N(C)Cc3c(C)nn(C)c3C)c2n1. The molecule has 0 unspecified atom stereocenters. The molecule has 0 saturated carbocycles. The van der Waals surface area contributed by atoms with Crippen molar-refractivity contribution in [2.24, 2.45) is 7.05 Å². The quantitative estimate of drug-likeness (QED) is 0.738. The van der Waals surface area contributed by atoms with E-state index in [1.165, 1.54) is 0 Å². The lowest BCUT2D eigenvalue weighted by Crippen LogP contribution is -2.26. The molecule has 3 aromatic rings. The zero-order valence-electron chi connectivity index (χ0n) is 15.0. The maximum atomic E-state index is 12.9. The number of carbonyl (C=O) groups excluding carboxylic acids is 1. The average Bonchev–Trinajstić information content (AvgIpc) is 3.03. The minimum absolute atomic E-state index is 0.0925. The fourth-order valence-electron chi connectivity index (χ4n) is 2.98. The number of aryl methyl sites for hydroxylation is 4. The van der Waals surface area contributed by atoms with E-state index in [2.05, 4.69) is 15.2 Å². The monoisotopic (exact) mass is 326 g/mol. The Kier molecular flexibility index (Phi) is 3.87. The van der Waals surface area contributed by atoms with Gasteiger partial charge in [-0.05, 0) is 33.8 Å². The van der Waals surface area contributed by atoms with Crippen LogP contribution in [0.25, 0.3) is 5.65 Å². The van der Waals surface area contributed by atoms with Crippen LogP contribution in [0, 0.1) is 27.7 Å². The van der Waals surface area contributed by atoms with Gasteiger partial charge in [0.25, 0.3) is 5.91 Å². The number of hydrogen-bond donors (Lipinski definition) is 0. The van der Waals surface area contributed by atoms with E-state index in [0.29, 0.717) is 17.8 Å². The van der Waals surface area contributed by atoms with Crippen molar-refractivity contribution in [1.82, 2.24) is 29.3 Å². The molecule has 0 spiro atoms. The molecule has 0 atom stereocenters. The van der Waals surface area contributed by atoms with Crippen LogP contribution in [0.1, 0.15) is 38.7 Å². The summed E-state index contributed by atoms with van der Waals surface area (Å²) in [5.74, 6) is -0.0925. The second-order valence-corrected chi connectivity index (χ2v) is 6.27. The third kappa shape index (κ3) is 2.55. The molecule has 0 N–H and O–H groups in total. The summed E-state index contributed by atoms with van der Waals surface area (Å²) < 4.78 is 3.54. The number of aromatic nitrogens is 5. The Morgan fingerprint density at radius 2 is 1.96 bits per heavy atom. The van der Waals surface area contributed by atoms with Gasteiger partial charge in [0, 0.05) is 43.3 Å². The van der Waals surface area contributed by atoms with Gasteiger partial charge in [-0.25, -0.2) is 9.50 Å². The number of rotatable bonds is 3. The summed E-state index contributed by atoms with van der Waals surface area (Å²) >= 11 is 0. The van der Waals surface area contributed by atoms with Gasteiger partial charge in [0.2, 0.25) is 0 Å². The van der Waals surface area contributed by atoms with Crippen molar-refractivity contribution >= 4 is 11.6 Å². The van der Waals surface area contributed by atoms with Gasteiger partial charge in [0.1, 0.15) is 5.56 Å². The molecule has 3 aromatic heterocycles. The highest BCUT2D eigenvalue weighted by Crippen LogP contribution is 2.18. The van der Waals surface area contributed by atoms with Crippen LogP contribution in [0.2, 0.25) is 0 Å². The van der Waals surface area contributed by atoms with Crippen LogP contribution in [0.4, 0.5) is 0 Å². The zero-order chi connectivity index (χ0) is 17.6. The van der Waals surface area contributed by atoms with Gasteiger partial charge < -0.3 is 4.90 Å². The fourth-order valence-corrected chi connectivity index (χ4v) is 2.98. The lowest BCUT2D eigenvalue weighted by molar-refractivity contribution is 0.0786. The molecule has 0 aromatic carbocycles. The summed E-state index contributed by atoms with van der Waals surface area (Å²) in [6, 6.07) is 1.94. The number of nitrogens with zero attached hydrogens (tertiary/aromatic N) is 6. The van der Waals surface area contributed by atoms with Gasteiger partial charge >= 0.3 is 0 Å². The van der Waals surface area contributed by atoms with E-state index in [4.69, 9.17) is 0 Å². The number of hydrogen-bond acceptors (Lipinski definition) is 4. The van der Waals surface area contributed by atoms with E-state index >= 15 is 0 Å². The maximum Gasteiger partial charge on any atom is 0.259 e. The Hall–Kier alpha value is -2.70. The van der Waals surface area contributed by atoms with Gasteiger partial charge in [0.15, 0.2) is 5.65 Å². The Bertz CT molecular complexity index is 936. The van der Waals surface area contributed by atoms with E-state index < -0.39 is 0 Å². The molecular formula is C17H22N6O. The standard InChI is InChI=1S/C17H22N6O/c1-10-7-11(2)23-16(19-10)14(8-18-23)17(24)21(5)9-15-12(3)20-22(6)13(15)4/h7-8H,9H2,1-6H3. The van der Waals surface area contributed by atoms with Crippen molar-refractivity contribution in [3.8, 4) is 0 Å². The van der Waals surface area contributed by atoms with E-state index in [-0.39, 0.29) is 5.91 Å². The van der Waals surface area contributed by atoms with Gasteiger partial charge in [-0.2, -0.15) is 10.2 Å². The third-order valence-electron chi connectivity index (χ3n) is 4.41. The lowest BCUT2D eigenvalue weighted by atomic mass is 10.1. The van der Waals surface area contributed by atoms with Crippen molar-refractivity contribution in [2.45, 2.75) is 34.2 Å². The number of carbonyl (C=O) groups is 1. The molecule has 0 bridgehead atoms. The molecule has 3 heterocycles. The molecule has 7 nitrogen and oxygen atoms in total. The van der Waals surface area contributed by atoms with Crippen LogP contribution >= 0.6 is 0 Å². The topological polar surface area (TPSA) is 68.3 Å². The molecule has 0 saturated heterocycles. The molecule has 0 fully saturated rings. The minimum atomic E-state index is -0.0925. The highest BCUT2D eigenvalue weighted by Gasteiger charge is 2.21. The highest BCUT2D eigenvalue weighted by atomic mass is 16.2. The zero-order valence-corrected chi connectivity index (χ0v) is 15.0. The Balaban J connectivity index is 1.94. The summed E-state index contributed by atoms with van der Waals surface area (Å²) in [6.07, 6.45) is 1.59. The first kappa shape index (κ1) is 16.2. The molecule has 3 rings (SSSR count). The first-order valence-electron chi connectivity index (χ1n) is 7.86. The summed E-state index contributed by atoms with van der Waals surface area (Å²) in [5, 5.41) is 8.71. The van der Waals surface area contributed by atoms with Crippen LogP contribution in [-0.2, 0) is 13.6 Å². The summed E-state index contributed by atoms with van der Waals surface area (Å²) in [5.41, 5.74) is 6.03. The third-order valence-corrected chi connectivity index (χ3v) is 4.41. The molecule has 126 valence electrons. The van der Waals surface area contributed by atoms with Crippen molar-refractivity contribution < 1.29 is 4.79 Å². The smallest absolute Gasteiger partial charge is 0.259 e. The van der Waals surface area contributed by atoms with Gasteiger partial charge in [-0.1, -0.05) is 0 Å². The number of amides is 1. The van der Waals surface area contributed by atoms with Crippen LogP contribution in [0.5, 0.6) is 0 Å². The fraction of sp³-hybridized carbons (Fsp3) is 0.412. The maximum absolute atomic E-state index is 12.9. The molecular weight excluding hydrogens is 304 g/mol.